The van der Waals surface area contributed by atoms with Crippen LogP contribution < -0.4 is 0 Å². The number of benzene rings is 1. The van der Waals surface area contributed by atoms with Gasteiger partial charge in [0.05, 0.1) is 0 Å². The highest BCUT2D eigenvalue weighted by Crippen LogP contribution is 2.08. The zero-order chi connectivity index (χ0) is 10.2. The Kier molecular flexibility index (Phi) is 5.31. The Labute approximate surface area is 87.1 Å². The zero-order valence-electron chi connectivity index (χ0n) is 9.25. The quantitative estimate of drug-likeness (QED) is 0.629. The summed E-state index contributed by atoms with van der Waals surface area (Å²) in [4.78, 5) is 0. The molecule has 0 spiro atoms. The molecule has 0 saturated heterocycles. The summed E-state index contributed by atoms with van der Waals surface area (Å²) in [5, 5.41) is 0. The van der Waals surface area contributed by atoms with E-state index in [1.54, 1.807) is 7.11 Å². The van der Waals surface area contributed by atoms with E-state index in [0.717, 1.165) is 19.4 Å². The molecule has 1 nitrogen and oxygen atoms in total. The molecule has 0 aliphatic carbocycles. The molecule has 0 atom stereocenters. The summed E-state index contributed by atoms with van der Waals surface area (Å²) < 4.78 is 5.03. The van der Waals surface area contributed by atoms with E-state index in [1.165, 1.54) is 24.0 Å². The monoisotopic (exact) mass is 192 g/mol. The van der Waals surface area contributed by atoms with Crippen molar-refractivity contribution >= 4 is 0 Å². The molecule has 0 aromatic heterocycles. The van der Waals surface area contributed by atoms with E-state index in [0.29, 0.717) is 0 Å². The van der Waals surface area contributed by atoms with Crippen molar-refractivity contribution in [2.24, 2.45) is 0 Å². The largest absolute Gasteiger partial charge is 0.385 e. The van der Waals surface area contributed by atoms with Crippen LogP contribution >= 0.6 is 0 Å². The lowest BCUT2D eigenvalue weighted by molar-refractivity contribution is 0.195. The lowest BCUT2D eigenvalue weighted by atomic mass is 10.1. The first-order valence-electron chi connectivity index (χ1n) is 5.43. The van der Waals surface area contributed by atoms with Crippen molar-refractivity contribution in [2.45, 2.75) is 32.6 Å². The van der Waals surface area contributed by atoms with Crippen LogP contribution in [-0.2, 0) is 17.6 Å². The van der Waals surface area contributed by atoms with Crippen molar-refractivity contribution in [3.8, 4) is 0 Å². The summed E-state index contributed by atoms with van der Waals surface area (Å²) in [6.45, 7) is 3.07. The summed E-state index contributed by atoms with van der Waals surface area (Å²) in [5.74, 6) is 0. The minimum absolute atomic E-state index is 0.858. The van der Waals surface area contributed by atoms with Gasteiger partial charge in [0.15, 0.2) is 0 Å². The lowest BCUT2D eigenvalue weighted by Crippen LogP contribution is -1.93. The van der Waals surface area contributed by atoms with Crippen LogP contribution in [0.25, 0.3) is 0 Å². The normalized spacial score (nSPS) is 10.4. The molecule has 0 heterocycles. The topological polar surface area (TPSA) is 9.23 Å². The van der Waals surface area contributed by atoms with E-state index in [9.17, 15) is 0 Å². The van der Waals surface area contributed by atoms with Gasteiger partial charge in [0.2, 0.25) is 0 Å². The van der Waals surface area contributed by atoms with Gasteiger partial charge in [-0.15, -0.1) is 0 Å². The van der Waals surface area contributed by atoms with Gasteiger partial charge in [0.1, 0.15) is 0 Å². The maximum Gasteiger partial charge on any atom is 0.0465 e. The maximum atomic E-state index is 5.03. The molecular formula is C13H20O. The standard InChI is InChI=1S/C13H20O/c1-3-5-12-7-9-13(10-8-12)6-4-11-14-2/h7-10H,3-6,11H2,1-2H3. The van der Waals surface area contributed by atoms with E-state index in [1.807, 2.05) is 0 Å². The molecular weight excluding hydrogens is 172 g/mol. The van der Waals surface area contributed by atoms with Crippen LogP contribution in [0, 0.1) is 0 Å². The second-order valence-corrected chi connectivity index (χ2v) is 3.66. The zero-order valence-corrected chi connectivity index (χ0v) is 9.25. The van der Waals surface area contributed by atoms with Crippen LogP contribution in [-0.4, -0.2) is 13.7 Å². The molecule has 78 valence electrons. The third-order valence-corrected chi connectivity index (χ3v) is 2.38. The molecule has 1 aromatic carbocycles. The van der Waals surface area contributed by atoms with Crippen molar-refractivity contribution in [3.63, 3.8) is 0 Å². The van der Waals surface area contributed by atoms with Crippen LogP contribution in [0.2, 0.25) is 0 Å². The second kappa shape index (κ2) is 6.61. The van der Waals surface area contributed by atoms with Gasteiger partial charge in [0, 0.05) is 13.7 Å². The van der Waals surface area contributed by atoms with Crippen molar-refractivity contribution in [1.29, 1.82) is 0 Å². The van der Waals surface area contributed by atoms with Crippen LogP contribution in [0.4, 0.5) is 0 Å². The van der Waals surface area contributed by atoms with Gasteiger partial charge in [-0.1, -0.05) is 37.6 Å². The smallest absolute Gasteiger partial charge is 0.0465 e. The molecule has 1 rings (SSSR count). The van der Waals surface area contributed by atoms with E-state index in [2.05, 4.69) is 31.2 Å². The molecule has 0 aliphatic rings. The number of rotatable bonds is 6. The average Bonchev–Trinajstić information content (AvgIpc) is 2.21. The number of hydrogen-bond acceptors (Lipinski definition) is 1. The number of aryl methyl sites for hydroxylation is 2. The SMILES string of the molecule is CCCc1ccc(CCCOC)cc1. The van der Waals surface area contributed by atoms with Crippen LogP contribution in [0.3, 0.4) is 0 Å². The van der Waals surface area contributed by atoms with Gasteiger partial charge in [0.25, 0.3) is 0 Å². The summed E-state index contributed by atoms with van der Waals surface area (Å²) in [6.07, 6.45) is 4.66. The molecule has 0 fully saturated rings. The molecule has 0 amide bonds. The fourth-order valence-electron chi connectivity index (χ4n) is 1.58. The van der Waals surface area contributed by atoms with Gasteiger partial charge in [-0.25, -0.2) is 0 Å². The molecule has 14 heavy (non-hydrogen) atoms. The van der Waals surface area contributed by atoms with Gasteiger partial charge in [-0.3, -0.25) is 0 Å². The Morgan fingerprint density at radius 1 is 1.00 bits per heavy atom. The van der Waals surface area contributed by atoms with Crippen molar-refractivity contribution in [3.05, 3.63) is 35.4 Å². The van der Waals surface area contributed by atoms with E-state index >= 15 is 0 Å². The molecule has 0 unspecified atom stereocenters. The molecule has 1 aromatic rings. The highest BCUT2D eigenvalue weighted by atomic mass is 16.5. The first kappa shape index (κ1) is 11.3. The van der Waals surface area contributed by atoms with Gasteiger partial charge in [-0.05, 0) is 30.4 Å². The van der Waals surface area contributed by atoms with Crippen LogP contribution in [0.1, 0.15) is 30.9 Å². The van der Waals surface area contributed by atoms with E-state index < -0.39 is 0 Å². The fourth-order valence-corrected chi connectivity index (χ4v) is 1.58. The molecule has 1 heteroatoms. The summed E-state index contributed by atoms with van der Waals surface area (Å²) >= 11 is 0. The Balaban J connectivity index is 2.38. The highest BCUT2D eigenvalue weighted by Gasteiger charge is 1.94. The predicted octanol–water partition coefficient (Wildman–Crippen LogP) is 3.22. The molecule has 0 radical (unpaired) electrons. The first-order chi connectivity index (χ1) is 6.86. The predicted molar refractivity (Wildman–Crippen MR) is 60.6 cm³/mol. The molecule has 0 N–H and O–H groups in total. The fraction of sp³-hybridized carbons (Fsp3) is 0.538. The van der Waals surface area contributed by atoms with Gasteiger partial charge >= 0.3 is 0 Å². The third-order valence-electron chi connectivity index (χ3n) is 2.38. The number of ether oxygens (including phenoxy) is 1. The Morgan fingerprint density at radius 3 is 2.07 bits per heavy atom. The van der Waals surface area contributed by atoms with Crippen molar-refractivity contribution in [2.75, 3.05) is 13.7 Å². The number of hydrogen-bond donors (Lipinski definition) is 0. The van der Waals surface area contributed by atoms with Gasteiger partial charge in [-0.2, -0.15) is 0 Å². The molecule has 0 aliphatic heterocycles. The van der Waals surface area contributed by atoms with E-state index in [4.69, 9.17) is 4.74 Å². The van der Waals surface area contributed by atoms with Crippen LogP contribution in [0.15, 0.2) is 24.3 Å². The Morgan fingerprint density at radius 2 is 1.57 bits per heavy atom. The maximum absolute atomic E-state index is 5.03. The molecule has 0 saturated carbocycles. The molecule has 0 bridgehead atoms. The summed E-state index contributed by atoms with van der Waals surface area (Å²) in [5.41, 5.74) is 2.87. The average molecular weight is 192 g/mol. The Bertz CT molecular complexity index is 238. The summed E-state index contributed by atoms with van der Waals surface area (Å²) in [6, 6.07) is 8.96. The Hall–Kier alpha value is -0.820. The second-order valence-electron chi connectivity index (χ2n) is 3.66. The van der Waals surface area contributed by atoms with Crippen molar-refractivity contribution in [1.82, 2.24) is 0 Å². The minimum Gasteiger partial charge on any atom is -0.385 e. The highest BCUT2D eigenvalue weighted by molar-refractivity contribution is 5.22. The van der Waals surface area contributed by atoms with Gasteiger partial charge < -0.3 is 4.74 Å². The minimum atomic E-state index is 0.858. The van der Waals surface area contributed by atoms with Crippen molar-refractivity contribution < 1.29 is 4.74 Å². The lowest BCUT2D eigenvalue weighted by Gasteiger charge is -2.03. The van der Waals surface area contributed by atoms with Crippen LogP contribution in [0.5, 0.6) is 0 Å². The first-order valence-corrected chi connectivity index (χ1v) is 5.43. The summed E-state index contributed by atoms with van der Waals surface area (Å²) in [7, 11) is 1.75. The number of methoxy groups -OCH3 is 1. The van der Waals surface area contributed by atoms with E-state index in [-0.39, 0.29) is 0 Å². The third kappa shape index (κ3) is 3.93.